The van der Waals surface area contributed by atoms with Crippen LogP contribution >= 0.6 is 0 Å². The van der Waals surface area contributed by atoms with Crippen LogP contribution in [-0.4, -0.2) is 19.9 Å². The van der Waals surface area contributed by atoms with E-state index in [4.69, 9.17) is 0 Å². The van der Waals surface area contributed by atoms with Crippen LogP contribution < -0.4 is 4.90 Å². The predicted octanol–water partition coefficient (Wildman–Crippen LogP) is 13.5. The molecular weight excluding hydrogens is 695 g/mol. The van der Waals surface area contributed by atoms with Crippen LogP contribution in [0.1, 0.15) is 0 Å². The van der Waals surface area contributed by atoms with Gasteiger partial charge in [0.25, 0.3) is 0 Å². The van der Waals surface area contributed by atoms with Gasteiger partial charge in [-0.25, -0.2) is 0 Å². The fraction of sp³-hybridized carbons (Fsp3) is 0. The molecule has 0 N–H and O–H groups in total. The van der Waals surface area contributed by atoms with Gasteiger partial charge in [-0.15, -0.1) is 0 Å². The van der Waals surface area contributed by atoms with Crippen molar-refractivity contribution in [3.8, 4) is 33.4 Å². The number of fused-ring (bicyclic) bond motifs is 6. The number of hydrogen-bond donors (Lipinski definition) is 0. The smallest absolute Gasteiger partial charge is 0.0891 e. The van der Waals surface area contributed by atoms with Crippen molar-refractivity contribution in [3.63, 3.8) is 0 Å². The van der Waals surface area contributed by atoms with Gasteiger partial charge in [0.15, 0.2) is 0 Å². The summed E-state index contributed by atoms with van der Waals surface area (Å²) in [6.45, 7) is 0. The van der Waals surface area contributed by atoms with Gasteiger partial charge < -0.3 is 4.90 Å². The molecule has 0 radical (unpaired) electrons. The van der Waals surface area contributed by atoms with Crippen LogP contribution in [0.5, 0.6) is 0 Å². The first-order valence-electron chi connectivity index (χ1n) is 19.1. The molecule has 0 fully saturated rings. The van der Waals surface area contributed by atoms with Gasteiger partial charge in [0, 0.05) is 63.7 Å². The summed E-state index contributed by atoms with van der Waals surface area (Å²) in [7, 11) is 0. The second kappa shape index (κ2) is 13.5. The number of benzene rings is 7. The number of nitrogens with zero attached hydrogens (tertiary/aromatic N) is 5. The van der Waals surface area contributed by atoms with E-state index in [-0.39, 0.29) is 0 Å². The van der Waals surface area contributed by atoms with Gasteiger partial charge >= 0.3 is 0 Å². The molecule has 0 aliphatic carbocycles. The van der Waals surface area contributed by atoms with E-state index < -0.39 is 0 Å². The second-order valence-electron chi connectivity index (χ2n) is 14.4. The zero-order valence-electron chi connectivity index (χ0n) is 30.8. The monoisotopic (exact) mass is 727 g/mol. The van der Waals surface area contributed by atoms with Gasteiger partial charge in [-0.2, -0.15) is 0 Å². The number of hydrogen-bond acceptors (Lipinski definition) is 5. The van der Waals surface area contributed by atoms with Crippen molar-refractivity contribution in [2.24, 2.45) is 0 Å². The van der Waals surface area contributed by atoms with E-state index in [1.54, 1.807) is 0 Å². The minimum absolute atomic E-state index is 0.881. The fourth-order valence-corrected chi connectivity index (χ4v) is 8.23. The van der Waals surface area contributed by atoms with Crippen molar-refractivity contribution < 1.29 is 0 Å². The molecule has 5 heteroatoms. The van der Waals surface area contributed by atoms with Crippen LogP contribution in [0.3, 0.4) is 0 Å². The minimum atomic E-state index is 0.881. The van der Waals surface area contributed by atoms with E-state index in [1.165, 1.54) is 43.4 Å². The maximum absolute atomic E-state index is 4.53. The van der Waals surface area contributed by atoms with Crippen LogP contribution in [0, 0.1) is 0 Å². The number of rotatable bonds is 6. The molecule has 5 nitrogen and oxygen atoms in total. The quantitative estimate of drug-likeness (QED) is 0.160. The Kier molecular flexibility index (Phi) is 7.74. The molecule has 0 unspecified atom stereocenters. The van der Waals surface area contributed by atoms with Crippen molar-refractivity contribution in [1.82, 2.24) is 19.9 Å². The summed E-state index contributed by atoms with van der Waals surface area (Å²) >= 11 is 0. The zero-order valence-corrected chi connectivity index (χ0v) is 30.8. The van der Waals surface area contributed by atoms with Gasteiger partial charge in [0.1, 0.15) is 0 Å². The SMILES string of the molecule is c1ccc2cc(-c3ccc4c(ccc5cc(N(c6ccc(-c7cncc8ncccc78)cc6)c6ccc(-c7cncc8ncccc78)cc6)ccc54)c3)ccc2c1. The molecule has 0 saturated heterocycles. The summed E-state index contributed by atoms with van der Waals surface area (Å²) in [5, 5.41) is 9.53. The molecule has 57 heavy (non-hydrogen) atoms. The Morgan fingerprint density at radius 3 is 1.40 bits per heavy atom. The second-order valence-corrected chi connectivity index (χ2v) is 14.4. The van der Waals surface area contributed by atoms with Crippen molar-refractivity contribution in [2.45, 2.75) is 0 Å². The Hall–Kier alpha value is -7.76. The van der Waals surface area contributed by atoms with Gasteiger partial charge in [-0.05, 0) is 115 Å². The summed E-state index contributed by atoms with van der Waals surface area (Å²) in [5.41, 5.74) is 11.7. The van der Waals surface area contributed by atoms with Crippen LogP contribution in [0.25, 0.3) is 87.5 Å². The van der Waals surface area contributed by atoms with E-state index in [0.29, 0.717) is 0 Å². The van der Waals surface area contributed by atoms with Crippen LogP contribution in [0.2, 0.25) is 0 Å². The average Bonchev–Trinajstić information content (AvgIpc) is 3.29. The van der Waals surface area contributed by atoms with Crippen LogP contribution in [0.15, 0.2) is 201 Å². The van der Waals surface area contributed by atoms with Gasteiger partial charge in [0.05, 0.1) is 23.4 Å². The maximum Gasteiger partial charge on any atom is 0.0891 e. The molecule has 4 heterocycles. The summed E-state index contributed by atoms with van der Waals surface area (Å²) in [5.74, 6) is 0. The molecular formula is C52H33N5. The first kappa shape index (κ1) is 32.7. The van der Waals surface area contributed by atoms with Crippen LogP contribution in [0.4, 0.5) is 17.1 Å². The molecule has 0 spiro atoms. The number of aromatic nitrogens is 4. The van der Waals surface area contributed by atoms with Crippen molar-refractivity contribution >= 4 is 71.2 Å². The molecule has 0 amide bonds. The molecule has 0 saturated carbocycles. The predicted molar refractivity (Wildman–Crippen MR) is 236 cm³/mol. The highest BCUT2D eigenvalue weighted by molar-refractivity contribution is 6.10. The fourth-order valence-electron chi connectivity index (χ4n) is 8.23. The molecule has 0 aliphatic heterocycles. The van der Waals surface area contributed by atoms with Gasteiger partial charge in [-0.1, -0.05) is 103 Å². The number of anilines is 3. The molecule has 0 atom stereocenters. The maximum atomic E-state index is 4.53. The molecule has 266 valence electrons. The van der Waals surface area contributed by atoms with E-state index in [9.17, 15) is 0 Å². The lowest BCUT2D eigenvalue weighted by Crippen LogP contribution is -2.10. The summed E-state index contributed by atoms with van der Waals surface area (Å²) < 4.78 is 0. The standard InChI is InChI=1S/C52H33N5/c1-2-6-37-27-38(10-9-34(37)5-1)39-17-23-45-40(28-39)11-12-41-29-44(22-24-46(41)45)57(42-18-13-35(14-19-42)49-30-53-32-51-47(49)7-3-25-55-51)43-20-15-36(16-21-43)50-31-54-33-52-48(50)8-4-26-56-52/h1-33H. The summed E-state index contributed by atoms with van der Waals surface area (Å²) in [6, 6.07) is 59.0. The third-order valence-electron chi connectivity index (χ3n) is 11.1. The summed E-state index contributed by atoms with van der Waals surface area (Å²) in [4.78, 5) is 20.4. The lowest BCUT2D eigenvalue weighted by molar-refractivity contribution is 1.28. The van der Waals surface area contributed by atoms with E-state index in [1.807, 2.05) is 49.3 Å². The zero-order chi connectivity index (χ0) is 37.7. The Balaban J connectivity index is 1.00. The molecule has 7 aromatic carbocycles. The molecule has 11 aromatic rings. The highest BCUT2D eigenvalue weighted by Crippen LogP contribution is 2.40. The van der Waals surface area contributed by atoms with Crippen molar-refractivity contribution in [2.75, 3.05) is 4.90 Å². The molecule has 4 aromatic heterocycles. The minimum Gasteiger partial charge on any atom is -0.310 e. The van der Waals surface area contributed by atoms with E-state index >= 15 is 0 Å². The third-order valence-corrected chi connectivity index (χ3v) is 11.1. The first-order chi connectivity index (χ1) is 28.2. The van der Waals surface area contributed by atoms with Gasteiger partial charge in [-0.3, -0.25) is 19.9 Å². The highest BCUT2D eigenvalue weighted by Gasteiger charge is 2.16. The first-order valence-corrected chi connectivity index (χ1v) is 19.1. The number of pyridine rings is 4. The highest BCUT2D eigenvalue weighted by atomic mass is 15.1. The lowest BCUT2D eigenvalue weighted by atomic mass is 9.96. The van der Waals surface area contributed by atoms with E-state index in [0.717, 1.165) is 61.1 Å². The van der Waals surface area contributed by atoms with Crippen LogP contribution in [-0.2, 0) is 0 Å². The van der Waals surface area contributed by atoms with Crippen molar-refractivity contribution in [1.29, 1.82) is 0 Å². The Morgan fingerprint density at radius 2 is 0.789 bits per heavy atom. The van der Waals surface area contributed by atoms with Gasteiger partial charge in [0.2, 0.25) is 0 Å². The largest absolute Gasteiger partial charge is 0.310 e. The Labute approximate surface area is 329 Å². The third kappa shape index (κ3) is 5.81. The molecule has 0 aliphatic rings. The summed E-state index contributed by atoms with van der Waals surface area (Å²) in [6.07, 6.45) is 11.1. The lowest BCUT2D eigenvalue weighted by Gasteiger charge is -2.26. The van der Waals surface area contributed by atoms with Crippen molar-refractivity contribution in [3.05, 3.63) is 201 Å². The Bertz CT molecular complexity index is 3170. The topological polar surface area (TPSA) is 54.8 Å². The van der Waals surface area contributed by atoms with E-state index in [2.05, 4.69) is 176 Å². The average molecular weight is 728 g/mol. The normalized spacial score (nSPS) is 11.5. The molecule has 11 rings (SSSR count). The molecule has 0 bridgehead atoms. The Morgan fingerprint density at radius 1 is 0.316 bits per heavy atom.